The smallest absolute Gasteiger partial charge is 0.398 e. The van der Waals surface area contributed by atoms with E-state index in [1.165, 1.54) is 19.3 Å². The molecule has 2 aliphatic rings. The lowest BCUT2D eigenvalue weighted by atomic mass is 9.85. The summed E-state index contributed by atoms with van der Waals surface area (Å²) in [5.41, 5.74) is 0.370. The Morgan fingerprint density at radius 1 is 1.05 bits per heavy atom. The third-order valence-corrected chi connectivity index (χ3v) is 5.13. The van der Waals surface area contributed by atoms with E-state index in [4.69, 9.17) is 9.31 Å². The summed E-state index contributed by atoms with van der Waals surface area (Å²) in [5.74, 6) is 1.03. The summed E-state index contributed by atoms with van der Waals surface area (Å²) in [7, 11) is 1.71. The van der Waals surface area contributed by atoms with E-state index in [1.807, 2.05) is 6.20 Å². The van der Waals surface area contributed by atoms with E-state index in [0.717, 1.165) is 24.6 Å². The summed E-state index contributed by atoms with van der Waals surface area (Å²) in [5, 5.41) is 0. The second-order valence-electron chi connectivity index (χ2n) is 7.18. The topological polar surface area (TPSA) is 39.5 Å². The van der Waals surface area contributed by atoms with Crippen LogP contribution in [0.2, 0.25) is 0 Å². The van der Waals surface area contributed by atoms with Gasteiger partial charge in [-0.3, -0.25) is 0 Å². The van der Waals surface area contributed by atoms with Crippen molar-refractivity contribution in [1.82, 2.24) is 9.55 Å². The minimum absolute atomic E-state index is 0.312. The summed E-state index contributed by atoms with van der Waals surface area (Å²) < 4.78 is 14.4. The van der Waals surface area contributed by atoms with Gasteiger partial charge >= 0.3 is 7.12 Å². The van der Waals surface area contributed by atoms with Gasteiger partial charge in [0.1, 0.15) is 0 Å². The van der Waals surface area contributed by atoms with Gasteiger partial charge in [0, 0.05) is 26.3 Å². The van der Waals surface area contributed by atoms with Gasteiger partial charge in [-0.1, -0.05) is 0 Å². The molecular formula is C15H26BN3O2. The first-order valence-corrected chi connectivity index (χ1v) is 7.94. The lowest BCUT2D eigenvalue weighted by Crippen LogP contribution is -2.41. The summed E-state index contributed by atoms with van der Waals surface area (Å²) in [6, 6.07) is 0. The minimum Gasteiger partial charge on any atom is -0.398 e. The lowest BCUT2D eigenvalue weighted by Gasteiger charge is -2.32. The molecule has 0 spiro atoms. The predicted octanol–water partition coefficient (Wildman–Crippen LogP) is 1.71. The average molecular weight is 291 g/mol. The number of hydrogen-bond acceptors (Lipinski definition) is 4. The van der Waals surface area contributed by atoms with Crippen LogP contribution in [0.5, 0.6) is 0 Å². The molecule has 0 radical (unpaired) electrons. The van der Waals surface area contributed by atoms with Gasteiger partial charge in [0.15, 0.2) is 0 Å². The molecule has 0 N–H and O–H groups in total. The molecule has 2 saturated heterocycles. The normalized spacial score (nSPS) is 24.6. The van der Waals surface area contributed by atoms with E-state index in [2.05, 4.69) is 49.2 Å². The van der Waals surface area contributed by atoms with E-state index in [1.54, 1.807) is 0 Å². The molecule has 3 rings (SSSR count). The van der Waals surface area contributed by atoms with Crippen LogP contribution in [0.4, 0.5) is 5.95 Å². The van der Waals surface area contributed by atoms with Crippen molar-refractivity contribution in [2.24, 2.45) is 7.05 Å². The molecule has 6 heteroatoms. The first kappa shape index (κ1) is 14.9. The molecule has 2 aliphatic heterocycles. The zero-order valence-corrected chi connectivity index (χ0v) is 13.8. The van der Waals surface area contributed by atoms with Gasteiger partial charge in [-0.25, -0.2) is 4.98 Å². The molecule has 3 heterocycles. The van der Waals surface area contributed by atoms with Gasteiger partial charge in [-0.05, 0) is 47.0 Å². The Morgan fingerprint density at radius 3 is 2.19 bits per heavy atom. The quantitative estimate of drug-likeness (QED) is 0.778. The number of imidazole rings is 1. The van der Waals surface area contributed by atoms with Crippen molar-refractivity contribution in [3.05, 3.63) is 6.20 Å². The summed E-state index contributed by atoms with van der Waals surface area (Å²) in [6.45, 7) is 10.5. The SMILES string of the molecule is Cn1c(B2OC(C)(C)C(C)(C)O2)cnc1N1CCCCC1. The number of anilines is 1. The van der Waals surface area contributed by atoms with Crippen LogP contribution in [0.25, 0.3) is 0 Å². The van der Waals surface area contributed by atoms with Gasteiger partial charge in [0.2, 0.25) is 5.95 Å². The molecule has 0 aromatic carbocycles. The fraction of sp³-hybridized carbons (Fsp3) is 0.800. The largest absolute Gasteiger partial charge is 0.514 e. The van der Waals surface area contributed by atoms with Crippen molar-refractivity contribution < 1.29 is 9.31 Å². The third-order valence-electron chi connectivity index (χ3n) is 5.13. The molecule has 2 fully saturated rings. The Morgan fingerprint density at radius 2 is 1.62 bits per heavy atom. The van der Waals surface area contributed by atoms with Crippen molar-refractivity contribution in [1.29, 1.82) is 0 Å². The Kier molecular flexibility index (Phi) is 3.57. The predicted molar refractivity (Wildman–Crippen MR) is 85.0 cm³/mol. The molecule has 1 aromatic rings. The van der Waals surface area contributed by atoms with Crippen molar-refractivity contribution in [3.63, 3.8) is 0 Å². The maximum Gasteiger partial charge on any atom is 0.514 e. The Bertz CT molecular complexity index is 505. The summed E-state index contributed by atoms with van der Waals surface area (Å²) >= 11 is 0. The van der Waals surface area contributed by atoms with Crippen molar-refractivity contribution in [2.45, 2.75) is 58.2 Å². The van der Waals surface area contributed by atoms with Gasteiger partial charge < -0.3 is 18.8 Å². The van der Waals surface area contributed by atoms with Crippen LogP contribution in [0.1, 0.15) is 47.0 Å². The van der Waals surface area contributed by atoms with E-state index < -0.39 is 0 Å². The molecule has 0 amide bonds. The van der Waals surface area contributed by atoms with Crippen LogP contribution in [0.3, 0.4) is 0 Å². The molecule has 0 bridgehead atoms. The van der Waals surface area contributed by atoms with E-state index in [0.29, 0.717) is 0 Å². The number of aromatic nitrogens is 2. The third kappa shape index (κ3) is 2.48. The Hall–Kier alpha value is -1.01. The van der Waals surface area contributed by atoms with Crippen LogP contribution in [0, 0.1) is 0 Å². The lowest BCUT2D eigenvalue weighted by molar-refractivity contribution is 0.00578. The van der Waals surface area contributed by atoms with E-state index >= 15 is 0 Å². The zero-order valence-electron chi connectivity index (χ0n) is 13.8. The number of rotatable bonds is 2. The Balaban J connectivity index is 1.83. The Labute approximate surface area is 127 Å². The van der Waals surface area contributed by atoms with Crippen LogP contribution < -0.4 is 10.5 Å². The van der Waals surface area contributed by atoms with Crippen LogP contribution >= 0.6 is 0 Å². The first-order chi connectivity index (χ1) is 9.82. The molecule has 0 atom stereocenters. The number of hydrogen-bond donors (Lipinski definition) is 0. The fourth-order valence-electron chi connectivity index (χ4n) is 2.98. The molecule has 0 saturated carbocycles. The highest BCUT2D eigenvalue weighted by Crippen LogP contribution is 2.36. The highest BCUT2D eigenvalue weighted by atomic mass is 16.7. The van der Waals surface area contributed by atoms with Crippen LogP contribution in [0.15, 0.2) is 6.20 Å². The molecule has 21 heavy (non-hydrogen) atoms. The number of piperidine rings is 1. The van der Waals surface area contributed by atoms with E-state index in [9.17, 15) is 0 Å². The van der Waals surface area contributed by atoms with E-state index in [-0.39, 0.29) is 18.3 Å². The van der Waals surface area contributed by atoms with Gasteiger partial charge in [-0.15, -0.1) is 0 Å². The highest BCUT2D eigenvalue weighted by Gasteiger charge is 2.52. The maximum atomic E-state index is 6.13. The first-order valence-electron chi connectivity index (χ1n) is 7.94. The summed E-state index contributed by atoms with van der Waals surface area (Å²) in [6.07, 6.45) is 5.72. The minimum atomic E-state index is -0.342. The van der Waals surface area contributed by atoms with Gasteiger partial charge in [0.05, 0.1) is 16.8 Å². The maximum absolute atomic E-state index is 6.13. The molecule has 116 valence electrons. The molecule has 1 aromatic heterocycles. The molecule has 0 unspecified atom stereocenters. The van der Waals surface area contributed by atoms with Crippen molar-refractivity contribution in [2.75, 3.05) is 18.0 Å². The van der Waals surface area contributed by atoms with Crippen molar-refractivity contribution >= 4 is 18.7 Å². The van der Waals surface area contributed by atoms with Crippen LogP contribution in [-0.2, 0) is 16.4 Å². The fourth-order valence-corrected chi connectivity index (χ4v) is 2.98. The number of nitrogens with zero attached hydrogens (tertiary/aromatic N) is 3. The van der Waals surface area contributed by atoms with Gasteiger partial charge in [-0.2, -0.15) is 0 Å². The molecule has 5 nitrogen and oxygen atoms in total. The summed E-state index contributed by atoms with van der Waals surface area (Å²) in [4.78, 5) is 6.97. The second-order valence-corrected chi connectivity index (χ2v) is 7.18. The van der Waals surface area contributed by atoms with Crippen LogP contribution in [-0.4, -0.2) is 41.0 Å². The monoisotopic (exact) mass is 291 g/mol. The standard InChI is InChI=1S/C15H26BN3O2/c1-14(2)15(3,4)21-16(20-14)12-11-17-13(18(12)5)19-9-7-6-8-10-19/h11H,6-10H2,1-5H3. The molecule has 0 aliphatic carbocycles. The highest BCUT2D eigenvalue weighted by molar-refractivity contribution is 6.61. The zero-order chi connectivity index (χ0) is 15.3. The van der Waals surface area contributed by atoms with Crippen molar-refractivity contribution in [3.8, 4) is 0 Å². The second kappa shape index (κ2) is 5.02. The van der Waals surface area contributed by atoms with Gasteiger partial charge in [0.25, 0.3) is 0 Å². The average Bonchev–Trinajstić information content (AvgIpc) is 2.89. The molecular weight excluding hydrogens is 265 g/mol.